The third kappa shape index (κ3) is 3.53. The number of hydrogen-bond donors (Lipinski definition) is 4. The molecule has 0 aliphatic carbocycles. The van der Waals surface area contributed by atoms with Crippen LogP contribution < -0.4 is 4.74 Å². The second-order valence-corrected chi connectivity index (χ2v) is 10.2. The zero-order valence-electron chi connectivity index (χ0n) is 14.0. The van der Waals surface area contributed by atoms with Crippen LogP contribution >= 0.6 is 15.2 Å². The van der Waals surface area contributed by atoms with Crippen LogP contribution in [0.1, 0.15) is 17.4 Å². The number of aromatic nitrogens is 1. The summed E-state index contributed by atoms with van der Waals surface area (Å²) < 4.78 is 40.2. The van der Waals surface area contributed by atoms with Crippen LogP contribution in [0.15, 0.2) is 42.7 Å². The zero-order chi connectivity index (χ0) is 19.9. The first-order valence-corrected chi connectivity index (χ1v) is 10.8. The number of aromatic hydroxyl groups is 1. The number of rotatable bonds is 4. The van der Waals surface area contributed by atoms with Gasteiger partial charge in [0.25, 0.3) is 5.08 Å². The first-order chi connectivity index (χ1) is 12.6. The summed E-state index contributed by atoms with van der Waals surface area (Å²) >= 11 is 0. The van der Waals surface area contributed by atoms with E-state index in [0.717, 1.165) is 0 Å². The molecule has 1 aliphatic rings. The predicted molar refractivity (Wildman–Crippen MR) is 92.1 cm³/mol. The lowest BCUT2D eigenvalue weighted by atomic mass is 10.2. The number of nitrogens with zero attached hydrogens (tertiary/aromatic N) is 1. The molecule has 3 rings (SSSR count). The van der Waals surface area contributed by atoms with Crippen molar-refractivity contribution in [2.75, 3.05) is 7.11 Å². The minimum Gasteiger partial charge on any atom is -0.507 e. The minimum absolute atomic E-state index is 0.207. The van der Waals surface area contributed by atoms with Gasteiger partial charge in [0, 0.05) is 18.8 Å². The van der Waals surface area contributed by atoms with E-state index in [9.17, 15) is 29.1 Å². The van der Waals surface area contributed by atoms with Gasteiger partial charge in [-0.15, -0.1) is 0 Å². The molecular formula is C15H17NO9P2. The lowest BCUT2D eigenvalue weighted by Gasteiger charge is -2.41. The summed E-state index contributed by atoms with van der Waals surface area (Å²) in [5.74, 6) is -0.176. The largest absolute Gasteiger partial charge is 0.507 e. The van der Waals surface area contributed by atoms with Crippen molar-refractivity contribution in [2.24, 2.45) is 0 Å². The van der Waals surface area contributed by atoms with Crippen LogP contribution in [0.25, 0.3) is 0 Å². The first kappa shape index (κ1) is 20.0. The summed E-state index contributed by atoms with van der Waals surface area (Å²) in [6, 6.07) is 6.75. The monoisotopic (exact) mass is 417 g/mol. The van der Waals surface area contributed by atoms with Gasteiger partial charge in [-0.05, 0) is 29.8 Å². The zero-order valence-corrected chi connectivity index (χ0v) is 15.8. The van der Waals surface area contributed by atoms with Crippen molar-refractivity contribution in [3.05, 3.63) is 53.9 Å². The Morgan fingerprint density at radius 3 is 2.44 bits per heavy atom. The van der Waals surface area contributed by atoms with Gasteiger partial charge in [-0.25, -0.2) is 0 Å². The molecule has 0 radical (unpaired) electrons. The fourth-order valence-corrected chi connectivity index (χ4v) is 6.11. The van der Waals surface area contributed by atoms with E-state index in [1.807, 2.05) is 0 Å². The number of ether oxygens (including phenoxy) is 1. The standard InChI is InChI=1S/C15H17NO9P2/c1-23-11-4-5-13(17)12(7-11)14-24-26(19,20)15(18,27(21,22)25-14)8-10-3-2-6-16-9-10/h2-7,9,14,17-18H,8H2,1H3,(H,19,20)(H,21,22). The highest BCUT2D eigenvalue weighted by atomic mass is 31.2. The number of phenols is 1. The summed E-state index contributed by atoms with van der Waals surface area (Å²) in [4.78, 5) is 24.3. The number of benzene rings is 1. The van der Waals surface area contributed by atoms with Crippen LogP contribution in [0.4, 0.5) is 0 Å². The Labute approximate surface area is 154 Å². The maximum absolute atomic E-state index is 12.7. The van der Waals surface area contributed by atoms with Crippen molar-refractivity contribution in [3.63, 3.8) is 0 Å². The molecule has 2 unspecified atom stereocenters. The van der Waals surface area contributed by atoms with Crippen molar-refractivity contribution < 1.29 is 42.9 Å². The van der Waals surface area contributed by atoms with Gasteiger partial charge in [0.1, 0.15) is 11.5 Å². The van der Waals surface area contributed by atoms with E-state index in [-0.39, 0.29) is 16.9 Å². The number of pyridine rings is 1. The van der Waals surface area contributed by atoms with Gasteiger partial charge in [0.2, 0.25) is 6.29 Å². The third-order valence-corrected chi connectivity index (χ3v) is 8.63. The van der Waals surface area contributed by atoms with E-state index < -0.39 is 38.7 Å². The molecule has 0 saturated carbocycles. The predicted octanol–water partition coefficient (Wildman–Crippen LogP) is 2.10. The van der Waals surface area contributed by atoms with Crippen LogP contribution in [0.2, 0.25) is 0 Å². The van der Waals surface area contributed by atoms with Crippen LogP contribution in [0.3, 0.4) is 0 Å². The third-order valence-electron chi connectivity index (χ3n) is 4.04. The molecule has 2 heterocycles. The van der Waals surface area contributed by atoms with E-state index in [4.69, 9.17) is 13.8 Å². The van der Waals surface area contributed by atoms with Gasteiger partial charge in [0.05, 0.1) is 12.7 Å². The Morgan fingerprint density at radius 2 is 1.89 bits per heavy atom. The van der Waals surface area contributed by atoms with E-state index in [1.165, 1.54) is 49.8 Å². The molecule has 10 nitrogen and oxygen atoms in total. The molecule has 12 heteroatoms. The van der Waals surface area contributed by atoms with Crippen molar-refractivity contribution in [3.8, 4) is 11.5 Å². The van der Waals surface area contributed by atoms with E-state index in [2.05, 4.69) is 4.98 Å². The van der Waals surface area contributed by atoms with Gasteiger partial charge in [-0.1, -0.05) is 6.07 Å². The molecule has 1 fully saturated rings. The van der Waals surface area contributed by atoms with Gasteiger partial charge >= 0.3 is 15.2 Å². The average molecular weight is 417 g/mol. The molecule has 2 atom stereocenters. The highest BCUT2D eigenvalue weighted by molar-refractivity contribution is 7.73. The molecule has 2 aromatic rings. The van der Waals surface area contributed by atoms with Crippen molar-refractivity contribution in [1.82, 2.24) is 4.98 Å². The molecule has 0 spiro atoms. The Balaban J connectivity index is 2.00. The summed E-state index contributed by atoms with van der Waals surface area (Å²) in [7, 11) is -8.90. The van der Waals surface area contributed by atoms with Crippen molar-refractivity contribution >= 4 is 15.2 Å². The van der Waals surface area contributed by atoms with Gasteiger partial charge in [0.15, 0.2) is 0 Å². The molecule has 27 heavy (non-hydrogen) atoms. The average Bonchev–Trinajstić information content (AvgIpc) is 2.60. The van der Waals surface area contributed by atoms with Gasteiger partial charge in [-0.3, -0.25) is 23.2 Å². The number of aliphatic hydroxyl groups is 1. The molecule has 1 aliphatic heterocycles. The summed E-state index contributed by atoms with van der Waals surface area (Å²) in [6.07, 6.45) is 0.109. The normalized spacial score (nSPS) is 33.6. The maximum Gasteiger partial charge on any atom is 0.374 e. The lowest BCUT2D eigenvalue weighted by Crippen LogP contribution is -2.37. The first-order valence-electron chi connectivity index (χ1n) is 7.60. The van der Waals surface area contributed by atoms with Crippen LogP contribution in [-0.2, 0) is 24.6 Å². The minimum atomic E-state index is -5.12. The second kappa shape index (κ2) is 7.00. The molecular weight excluding hydrogens is 400 g/mol. The van der Waals surface area contributed by atoms with Crippen molar-refractivity contribution in [2.45, 2.75) is 17.8 Å². The fourth-order valence-electron chi connectivity index (χ4n) is 2.55. The van der Waals surface area contributed by atoms with Gasteiger partial charge in [-0.2, -0.15) is 0 Å². The summed E-state index contributed by atoms with van der Waals surface area (Å²) in [5.41, 5.74) is 0.0137. The molecule has 1 aromatic heterocycles. The topological polar surface area (TPSA) is 156 Å². The Kier molecular flexibility index (Phi) is 5.18. The van der Waals surface area contributed by atoms with Crippen molar-refractivity contribution in [1.29, 1.82) is 0 Å². The molecule has 1 saturated heterocycles. The van der Waals surface area contributed by atoms with Crippen LogP contribution in [-0.4, -0.2) is 37.2 Å². The molecule has 1 aromatic carbocycles. The number of phenolic OH excluding ortho intramolecular Hbond substituents is 1. The molecule has 146 valence electrons. The number of hydrogen-bond acceptors (Lipinski definition) is 8. The molecule has 0 amide bonds. The van der Waals surface area contributed by atoms with Crippen LogP contribution in [0.5, 0.6) is 11.5 Å². The highest BCUT2D eigenvalue weighted by Crippen LogP contribution is 2.79. The second-order valence-electron chi connectivity index (χ2n) is 5.82. The SMILES string of the molecule is COc1ccc(O)c(C2OP(=O)(O)C(O)(Cc3cccnc3)P(=O)(O)O2)c1. The van der Waals surface area contributed by atoms with Gasteiger partial charge < -0.3 is 24.7 Å². The smallest absolute Gasteiger partial charge is 0.374 e. The Hall–Kier alpha value is -1.77. The fraction of sp³-hybridized carbons (Fsp3) is 0.267. The van der Waals surface area contributed by atoms with E-state index >= 15 is 0 Å². The Bertz CT molecular complexity index is 910. The number of methoxy groups -OCH3 is 1. The quantitative estimate of drug-likeness (QED) is 0.543. The Morgan fingerprint density at radius 1 is 1.22 bits per heavy atom. The molecule has 0 bridgehead atoms. The maximum atomic E-state index is 12.7. The lowest BCUT2D eigenvalue weighted by molar-refractivity contribution is -0.0589. The van der Waals surface area contributed by atoms with E-state index in [0.29, 0.717) is 0 Å². The summed E-state index contributed by atoms with van der Waals surface area (Å²) in [6.45, 7) is 0. The van der Waals surface area contributed by atoms with Crippen LogP contribution in [0, 0.1) is 0 Å². The molecule has 4 N–H and O–H groups in total. The summed E-state index contributed by atoms with van der Waals surface area (Å²) in [5, 5.41) is 17.5. The van der Waals surface area contributed by atoms with E-state index in [1.54, 1.807) is 0 Å². The highest BCUT2D eigenvalue weighted by Gasteiger charge is 2.67.